The van der Waals surface area contributed by atoms with Crippen LogP contribution in [0.2, 0.25) is 0 Å². The quantitative estimate of drug-likeness (QED) is 0.0877. The highest BCUT2D eigenvalue weighted by atomic mass is 32.2. The summed E-state index contributed by atoms with van der Waals surface area (Å²) in [6.07, 6.45) is 0. The summed E-state index contributed by atoms with van der Waals surface area (Å²) in [7, 11) is -29.4. The van der Waals surface area contributed by atoms with Crippen LogP contribution in [-0.2, 0) is 60.7 Å². The highest BCUT2D eigenvalue weighted by Crippen LogP contribution is 2.26. The van der Waals surface area contributed by atoms with E-state index in [9.17, 15) is 135 Å². The molecule has 18 nitrogen and oxygen atoms in total. The first-order chi connectivity index (χ1) is 32.9. The van der Waals surface area contributed by atoms with Crippen molar-refractivity contribution in [2.45, 2.75) is 29.4 Å². The van der Waals surface area contributed by atoms with Gasteiger partial charge in [-0.1, -0.05) is 18.2 Å². The van der Waals surface area contributed by atoms with E-state index in [1.54, 1.807) is 0 Å². The molecule has 0 N–H and O–H groups in total. The molecule has 0 heterocycles. The van der Waals surface area contributed by atoms with Crippen LogP contribution in [0.1, 0.15) is 0 Å². The standard InChI is InChI=1S/C6HF5O3S.C6H3F3O3S.C6H4F2O3S.3C6H5FO3S/c7-1-2(8)4(10)6(15(12,13)14)5(11)3(1)9;7-3-1-4(8)6(5(9)2-3)13(10,11)12;7-4-1-5(8)3-6(2-4)12(9,10)11;7-5-1-3-6(4-2-5)11(8,9)10;7-5-2-1-3-6(4-5)11(8,9)10;7-5-3-1-2-4-6(5)11(8,9)10/h(H,12,13,14);1-2H,(H,10,11,12);1-3H,(H,9,10,11);3*1-4H,(H,8,9,10)/p-6. The summed E-state index contributed by atoms with van der Waals surface area (Å²) in [6.45, 7) is 0. The zero-order valence-electron chi connectivity index (χ0n) is 34.0. The van der Waals surface area contributed by atoms with Gasteiger partial charge in [-0.2, -0.15) is 0 Å². The SMILES string of the molecule is O=S(=O)([O-])c1c(F)c(F)c(F)c(F)c1F.O=S(=O)([O-])c1c(F)cc(F)cc1F.O=S(=O)([O-])c1cc(F)cc(F)c1.O=S(=O)([O-])c1ccc(F)cc1.O=S(=O)([O-])c1cccc(F)c1.O=S(=O)([O-])c1ccccc1F. The maximum Gasteiger partial charge on any atom is 0.200 e. The molecule has 0 unspecified atom stereocenters. The minimum absolute atomic E-state index is 0.119. The van der Waals surface area contributed by atoms with Crippen molar-refractivity contribution in [3.05, 3.63) is 179 Å². The molecule has 0 aromatic heterocycles. The first-order valence-electron chi connectivity index (χ1n) is 17.0. The maximum atomic E-state index is 12.6. The Morgan fingerprint density at radius 3 is 0.959 bits per heavy atom. The summed E-state index contributed by atoms with van der Waals surface area (Å²) >= 11 is 0. The second-order valence-corrected chi connectivity index (χ2v) is 20.4. The summed E-state index contributed by atoms with van der Waals surface area (Å²) in [4.78, 5) is -6.70. The molecule has 0 aliphatic carbocycles. The van der Waals surface area contributed by atoms with Crippen LogP contribution in [0, 0.1) is 75.6 Å². The summed E-state index contributed by atoms with van der Waals surface area (Å²) < 4.78 is 346. The van der Waals surface area contributed by atoms with Crippen LogP contribution < -0.4 is 0 Å². The number of rotatable bonds is 6. The summed E-state index contributed by atoms with van der Waals surface area (Å²) in [5.41, 5.74) is 0. The van der Waals surface area contributed by atoms with Crippen molar-refractivity contribution in [1.82, 2.24) is 0 Å². The third kappa shape index (κ3) is 21.1. The monoisotopic (exact) mass is 1180 g/mol. The van der Waals surface area contributed by atoms with Gasteiger partial charge in [0.25, 0.3) is 0 Å². The maximum absolute atomic E-state index is 12.6. The van der Waals surface area contributed by atoms with E-state index in [1.165, 1.54) is 18.2 Å². The molecule has 0 bridgehead atoms. The van der Waals surface area contributed by atoms with Gasteiger partial charge in [-0.15, -0.1) is 0 Å². The van der Waals surface area contributed by atoms with Gasteiger partial charge in [-0.05, 0) is 66.7 Å². The van der Waals surface area contributed by atoms with Gasteiger partial charge in [-0.25, -0.2) is 108 Å². The molecule has 0 radical (unpaired) electrons. The zero-order valence-corrected chi connectivity index (χ0v) is 38.9. The third-order valence-corrected chi connectivity index (χ3v) is 12.2. The lowest BCUT2D eigenvalue weighted by molar-refractivity contribution is 0.350. The Kier molecular flexibility index (Phi) is 22.8. The molecule has 6 aromatic carbocycles. The lowest BCUT2D eigenvalue weighted by atomic mass is 10.3. The van der Waals surface area contributed by atoms with Gasteiger partial charge in [0.05, 0.1) is 19.6 Å². The molecule has 0 aliphatic heterocycles. The zero-order chi connectivity index (χ0) is 57.0. The molecule has 6 rings (SSSR count). The Morgan fingerprint density at radius 2 is 0.630 bits per heavy atom. The van der Waals surface area contributed by atoms with Crippen molar-refractivity contribution in [3.63, 3.8) is 0 Å². The first kappa shape index (κ1) is 64.9. The lowest BCUT2D eigenvalue weighted by Crippen LogP contribution is -2.12. The van der Waals surface area contributed by atoms with Crippen molar-refractivity contribution >= 4 is 60.7 Å². The Labute approximate surface area is 402 Å². The minimum Gasteiger partial charge on any atom is -0.744 e. The molecule has 0 saturated heterocycles. The van der Waals surface area contributed by atoms with Gasteiger partial charge in [0.15, 0.2) is 23.3 Å². The van der Waals surface area contributed by atoms with Crippen LogP contribution >= 0.6 is 0 Å². The molecule has 0 atom stereocenters. The fourth-order valence-electron chi connectivity index (χ4n) is 4.12. The van der Waals surface area contributed by atoms with E-state index in [-0.39, 0.29) is 12.1 Å². The van der Waals surface area contributed by atoms with Gasteiger partial charge in [0.2, 0.25) is 5.82 Å². The van der Waals surface area contributed by atoms with Crippen LogP contribution in [0.5, 0.6) is 0 Å². The molecule has 402 valence electrons. The van der Waals surface area contributed by atoms with E-state index >= 15 is 0 Å². The van der Waals surface area contributed by atoms with Crippen molar-refractivity contribution < 1.29 is 135 Å². The van der Waals surface area contributed by atoms with Crippen LogP contribution in [0.3, 0.4) is 0 Å². The first-order valence-corrected chi connectivity index (χ1v) is 25.5. The van der Waals surface area contributed by atoms with Crippen molar-refractivity contribution in [1.29, 1.82) is 0 Å². The highest BCUT2D eigenvalue weighted by Gasteiger charge is 2.29. The minimum atomic E-state index is -5.77. The number of hydrogen-bond donors (Lipinski definition) is 0. The third-order valence-electron chi connectivity index (χ3n) is 7.05. The Hall–Kier alpha value is -6.13. The molecule has 0 aliphatic rings. The van der Waals surface area contributed by atoms with E-state index in [1.807, 2.05) is 0 Å². The molecule has 73 heavy (non-hydrogen) atoms. The van der Waals surface area contributed by atoms with Crippen LogP contribution in [0.4, 0.5) is 57.1 Å². The normalized spacial score (nSPS) is 11.6. The molecular formula is C36H17F13O18S6-6. The van der Waals surface area contributed by atoms with Crippen molar-refractivity contribution in [2.24, 2.45) is 0 Å². The molecule has 0 fully saturated rings. The summed E-state index contributed by atoms with van der Waals surface area (Å²) in [5.74, 6) is -22.1. The van der Waals surface area contributed by atoms with Crippen LogP contribution in [-0.4, -0.2) is 77.8 Å². The topological polar surface area (TPSA) is 343 Å². The van der Waals surface area contributed by atoms with Gasteiger partial charge in [-0.3, -0.25) is 0 Å². The number of benzene rings is 6. The van der Waals surface area contributed by atoms with Gasteiger partial charge >= 0.3 is 0 Å². The predicted molar refractivity (Wildman–Crippen MR) is 206 cm³/mol. The van der Waals surface area contributed by atoms with E-state index in [2.05, 4.69) is 0 Å². The Morgan fingerprint density at radius 1 is 0.260 bits per heavy atom. The molecule has 0 saturated carbocycles. The molecular weight excluding hydrogens is 1160 g/mol. The van der Waals surface area contributed by atoms with Crippen molar-refractivity contribution in [2.75, 3.05) is 0 Å². The summed E-state index contributed by atoms with van der Waals surface area (Å²) in [6, 6.07) is 13.8. The second kappa shape index (κ2) is 25.7. The van der Waals surface area contributed by atoms with Gasteiger partial charge in [0.1, 0.15) is 117 Å². The van der Waals surface area contributed by atoms with E-state index in [0.717, 1.165) is 48.5 Å². The number of halogens is 13. The molecule has 6 aromatic rings. The van der Waals surface area contributed by atoms with Crippen LogP contribution in [0.25, 0.3) is 0 Å². The molecule has 37 heteroatoms. The van der Waals surface area contributed by atoms with E-state index < -0.39 is 166 Å². The summed E-state index contributed by atoms with van der Waals surface area (Å²) in [5, 5.41) is 0. The Bertz CT molecular complexity index is 3600. The average Bonchev–Trinajstić information content (AvgIpc) is 3.21. The number of hydrogen-bond acceptors (Lipinski definition) is 18. The van der Waals surface area contributed by atoms with Gasteiger partial charge in [0, 0.05) is 18.2 Å². The molecule has 0 spiro atoms. The second-order valence-electron chi connectivity index (χ2n) is 12.3. The fraction of sp³-hybridized carbons (Fsp3) is 0. The van der Waals surface area contributed by atoms with Crippen molar-refractivity contribution in [3.8, 4) is 0 Å². The largest absolute Gasteiger partial charge is 0.744 e. The highest BCUT2D eigenvalue weighted by molar-refractivity contribution is 7.87. The van der Waals surface area contributed by atoms with Gasteiger partial charge < -0.3 is 27.3 Å². The molecule has 0 amide bonds. The van der Waals surface area contributed by atoms with Crippen LogP contribution in [0.15, 0.2) is 133 Å². The average molecular weight is 1180 g/mol. The lowest BCUT2D eigenvalue weighted by Gasteiger charge is -2.10. The fourth-order valence-corrected chi connectivity index (χ4v) is 7.37. The van der Waals surface area contributed by atoms with E-state index in [4.69, 9.17) is 0 Å². The predicted octanol–water partition coefficient (Wildman–Crippen LogP) is 5.35. The Balaban J connectivity index is 0.000000440. The smallest absolute Gasteiger partial charge is 0.200 e. The van der Waals surface area contributed by atoms with E-state index in [0.29, 0.717) is 24.3 Å².